The number of aliphatic hydroxyl groups excluding tert-OH is 1. The van der Waals surface area contributed by atoms with Crippen molar-refractivity contribution in [3.63, 3.8) is 0 Å². The summed E-state index contributed by atoms with van der Waals surface area (Å²) in [6, 6.07) is 15.5. The van der Waals surface area contributed by atoms with Crippen molar-refractivity contribution >= 4 is 11.4 Å². The van der Waals surface area contributed by atoms with Gasteiger partial charge in [-0.05, 0) is 29.7 Å². The molecule has 1 aliphatic heterocycles. The number of hydrogen-bond donors (Lipinski definition) is 1. The zero-order valence-corrected chi connectivity index (χ0v) is 14.6. The molecule has 0 amide bonds. The van der Waals surface area contributed by atoms with E-state index in [4.69, 9.17) is 0 Å². The van der Waals surface area contributed by atoms with Crippen LogP contribution in [0.5, 0.6) is 0 Å². The molecule has 0 saturated carbocycles. The first-order chi connectivity index (χ1) is 12.6. The summed E-state index contributed by atoms with van der Waals surface area (Å²) in [5.41, 5.74) is 3.38. The van der Waals surface area contributed by atoms with Crippen LogP contribution in [0.15, 0.2) is 48.5 Å². The van der Waals surface area contributed by atoms with Gasteiger partial charge in [0.25, 0.3) is 5.69 Å². The molecule has 0 radical (unpaired) electrons. The molecule has 136 valence electrons. The van der Waals surface area contributed by atoms with E-state index in [1.807, 2.05) is 12.1 Å². The third-order valence-corrected chi connectivity index (χ3v) is 5.61. The van der Waals surface area contributed by atoms with E-state index < -0.39 is 6.10 Å². The maximum absolute atomic E-state index is 11.0. The minimum absolute atomic E-state index is 0.0851. The number of fused-ring (bicyclic) bond motifs is 1. The number of nitro groups is 1. The summed E-state index contributed by atoms with van der Waals surface area (Å²) < 4.78 is 0. The van der Waals surface area contributed by atoms with Gasteiger partial charge < -0.3 is 10.0 Å². The van der Waals surface area contributed by atoms with Crippen LogP contribution in [0.1, 0.15) is 11.1 Å². The van der Waals surface area contributed by atoms with E-state index in [2.05, 4.69) is 34.1 Å². The van der Waals surface area contributed by atoms with Crippen molar-refractivity contribution in [2.45, 2.75) is 25.0 Å². The lowest BCUT2D eigenvalue weighted by atomic mass is 9.85. The molecular weight excluding hydrogens is 330 g/mol. The van der Waals surface area contributed by atoms with Gasteiger partial charge in [-0.1, -0.05) is 24.3 Å². The highest BCUT2D eigenvalue weighted by molar-refractivity contribution is 5.46. The predicted molar refractivity (Wildman–Crippen MR) is 101 cm³/mol. The van der Waals surface area contributed by atoms with Gasteiger partial charge in [-0.3, -0.25) is 15.0 Å². The monoisotopic (exact) mass is 353 g/mol. The third kappa shape index (κ3) is 3.30. The molecule has 6 nitrogen and oxygen atoms in total. The third-order valence-electron chi connectivity index (χ3n) is 5.61. The topological polar surface area (TPSA) is 69.8 Å². The van der Waals surface area contributed by atoms with E-state index in [1.54, 1.807) is 12.1 Å². The van der Waals surface area contributed by atoms with Crippen LogP contribution in [0.25, 0.3) is 0 Å². The Labute approximate surface area is 152 Å². The molecule has 6 heteroatoms. The quantitative estimate of drug-likeness (QED) is 0.677. The molecule has 1 aliphatic carbocycles. The first-order valence-electron chi connectivity index (χ1n) is 9.10. The Hall–Kier alpha value is -2.44. The Bertz CT molecular complexity index is 788. The molecule has 0 aromatic heterocycles. The number of nitro benzene ring substituents is 1. The highest BCUT2D eigenvalue weighted by Gasteiger charge is 2.33. The summed E-state index contributed by atoms with van der Waals surface area (Å²) in [6.45, 7) is 3.72. The van der Waals surface area contributed by atoms with Crippen LogP contribution in [0, 0.1) is 10.1 Å². The summed E-state index contributed by atoms with van der Waals surface area (Å²) >= 11 is 0. The van der Waals surface area contributed by atoms with E-state index in [-0.39, 0.29) is 16.7 Å². The van der Waals surface area contributed by atoms with Gasteiger partial charge in [-0.2, -0.15) is 0 Å². The molecule has 0 bridgehead atoms. The van der Waals surface area contributed by atoms with E-state index in [9.17, 15) is 15.2 Å². The molecule has 2 aromatic rings. The molecule has 0 spiro atoms. The Morgan fingerprint density at radius 1 is 0.962 bits per heavy atom. The average Bonchev–Trinajstić information content (AvgIpc) is 2.68. The lowest BCUT2D eigenvalue weighted by Gasteiger charge is -2.43. The maximum Gasteiger partial charge on any atom is 0.269 e. The van der Waals surface area contributed by atoms with Crippen LogP contribution >= 0.6 is 0 Å². The largest absolute Gasteiger partial charge is 0.391 e. The maximum atomic E-state index is 11.0. The molecule has 2 atom stereocenters. The SMILES string of the molecule is O=[N+]([O-])c1ccc2c(c1)C[C@H](O)[C@@H](N1CCN(c3ccccc3)CC1)C2. The number of aliphatic hydroxyl groups is 1. The minimum Gasteiger partial charge on any atom is -0.391 e. The van der Waals surface area contributed by atoms with Crippen molar-refractivity contribution in [2.75, 3.05) is 31.1 Å². The minimum atomic E-state index is -0.479. The number of rotatable bonds is 3. The van der Waals surface area contributed by atoms with Gasteiger partial charge in [0.15, 0.2) is 0 Å². The van der Waals surface area contributed by atoms with Gasteiger partial charge in [0.1, 0.15) is 0 Å². The highest BCUT2D eigenvalue weighted by Crippen LogP contribution is 2.29. The van der Waals surface area contributed by atoms with Crippen molar-refractivity contribution in [1.29, 1.82) is 0 Å². The standard InChI is InChI=1S/C20H23N3O3/c24-20-14-16-12-18(23(25)26)7-6-15(16)13-19(20)22-10-8-21(9-11-22)17-4-2-1-3-5-17/h1-7,12,19-20,24H,8-11,13-14H2/t19-,20-/m0/s1. The van der Waals surface area contributed by atoms with Crippen molar-refractivity contribution in [1.82, 2.24) is 4.90 Å². The molecular formula is C20H23N3O3. The Balaban J connectivity index is 1.44. The predicted octanol–water partition coefficient (Wildman–Crippen LogP) is 2.25. The number of para-hydroxylation sites is 1. The summed E-state index contributed by atoms with van der Waals surface area (Å²) in [7, 11) is 0. The lowest BCUT2D eigenvalue weighted by molar-refractivity contribution is -0.384. The fraction of sp³-hybridized carbons (Fsp3) is 0.400. The van der Waals surface area contributed by atoms with Gasteiger partial charge in [0.05, 0.1) is 11.0 Å². The molecule has 2 aromatic carbocycles. The molecule has 1 heterocycles. The number of piperazine rings is 1. The fourth-order valence-corrected chi connectivity index (χ4v) is 4.16. The second-order valence-electron chi connectivity index (χ2n) is 7.11. The van der Waals surface area contributed by atoms with Crippen LogP contribution in [0.2, 0.25) is 0 Å². The van der Waals surface area contributed by atoms with Crippen molar-refractivity contribution in [3.8, 4) is 0 Å². The van der Waals surface area contributed by atoms with Crippen LogP contribution in [-0.2, 0) is 12.8 Å². The second kappa shape index (κ2) is 7.05. The molecule has 26 heavy (non-hydrogen) atoms. The molecule has 1 saturated heterocycles. The number of nitrogens with zero attached hydrogens (tertiary/aromatic N) is 3. The lowest BCUT2D eigenvalue weighted by Crippen LogP contribution is -2.56. The summed E-state index contributed by atoms with van der Waals surface area (Å²) in [5, 5.41) is 21.6. The van der Waals surface area contributed by atoms with Gasteiger partial charge in [0, 0.05) is 56.5 Å². The molecule has 2 aliphatic rings. The number of benzene rings is 2. The first-order valence-corrected chi connectivity index (χ1v) is 9.10. The zero-order chi connectivity index (χ0) is 18.1. The highest BCUT2D eigenvalue weighted by atomic mass is 16.6. The fourth-order valence-electron chi connectivity index (χ4n) is 4.16. The normalized spacial score (nSPS) is 23.5. The summed E-state index contributed by atoms with van der Waals surface area (Å²) in [6.07, 6.45) is 0.758. The zero-order valence-electron chi connectivity index (χ0n) is 14.6. The van der Waals surface area contributed by atoms with E-state index >= 15 is 0 Å². The molecule has 4 rings (SSSR count). The van der Waals surface area contributed by atoms with Gasteiger partial charge >= 0.3 is 0 Å². The summed E-state index contributed by atoms with van der Waals surface area (Å²) in [5.74, 6) is 0. The smallest absolute Gasteiger partial charge is 0.269 e. The molecule has 1 N–H and O–H groups in total. The van der Waals surface area contributed by atoms with Crippen LogP contribution in [-0.4, -0.2) is 53.3 Å². The van der Waals surface area contributed by atoms with E-state index in [0.717, 1.165) is 43.7 Å². The number of hydrogen-bond acceptors (Lipinski definition) is 5. The number of anilines is 1. The van der Waals surface area contributed by atoms with Crippen LogP contribution in [0.4, 0.5) is 11.4 Å². The van der Waals surface area contributed by atoms with Gasteiger partial charge in [-0.15, -0.1) is 0 Å². The Morgan fingerprint density at radius 2 is 1.69 bits per heavy atom. The first kappa shape index (κ1) is 17.0. The molecule has 1 fully saturated rings. The van der Waals surface area contributed by atoms with Crippen molar-refractivity contribution in [3.05, 3.63) is 69.8 Å². The van der Waals surface area contributed by atoms with Crippen molar-refractivity contribution < 1.29 is 10.0 Å². The summed E-state index contributed by atoms with van der Waals surface area (Å²) in [4.78, 5) is 15.3. The molecule has 0 unspecified atom stereocenters. The Kier molecular flexibility index (Phi) is 4.61. The van der Waals surface area contributed by atoms with Gasteiger partial charge in [-0.25, -0.2) is 0 Å². The van der Waals surface area contributed by atoms with E-state index in [1.165, 1.54) is 5.69 Å². The average molecular weight is 353 g/mol. The number of non-ortho nitro benzene ring substituents is 1. The Morgan fingerprint density at radius 3 is 2.38 bits per heavy atom. The van der Waals surface area contributed by atoms with Crippen LogP contribution in [0.3, 0.4) is 0 Å². The van der Waals surface area contributed by atoms with Gasteiger partial charge in [0.2, 0.25) is 0 Å². The van der Waals surface area contributed by atoms with Crippen LogP contribution < -0.4 is 4.90 Å². The van der Waals surface area contributed by atoms with E-state index in [0.29, 0.717) is 6.42 Å². The van der Waals surface area contributed by atoms with Crippen molar-refractivity contribution in [2.24, 2.45) is 0 Å². The second-order valence-corrected chi connectivity index (χ2v) is 7.11.